The molecule has 0 atom stereocenters. The number of Topliss-reactive ketones (excluding diaryl/α,β-unsaturated/α-hetero) is 1. The summed E-state index contributed by atoms with van der Waals surface area (Å²) >= 11 is 0. The molecule has 0 radical (unpaired) electrons. The predicted octanol–water partition coefficient (Wildman–Crippen LogP) is 1.11. The number of amides is 3. The van der Waals surface area contributed by atoms with E-state index in [0.717, 1.165) is 17.7 Å². The Bertz CT molecular complexity index is 805. The molecule has 1 heterocycles. The normalized spacial score (nSPS) is 19.0. The van der Waals surface area contributed by atoms with Gasteiger partial charge in [0.2, 0.25) is 5.91 Å². The van der Waals surface area contributed by atoms with E-state index < -0.39 is 5.97 Å². The molecule has 1 saturated carbocycles. The molecule has 0 bridgehead atoms. The summed E-state index contributed by atoms with van der Waals surface area (Å²) in [5.74, 6) is -1.45. The highest BCUT2D eigenvalue weighted by molar-refractivity contribution is 6.13. The number of imide groups is 1. The minimum atomic E-state index is -0.722. The zero-order valence-corrected chi connectivity index (χ0v) is 22.6. The van der Waals surface area contributed by atoms with Crippen LogP contribution in [0, 0.1) is 11.8 Å². The van der Waals surface area contributed by atoms with Crippen LogP contribution in [0.5, 0.6) is 0 Å². The van der Waals surface area contributed by atoms with Crippen LogP contribution in [0.25, 0.3) is 0 Å². The van der Waals surface area contributed by atoms with Crippen molar-refractivity contribution < 1.29 is 48.0 Å². The summed E-state index contributed by atoms with van der Waals surface area (Å²) < 4.78 is 21.7. The number of carbonyl (C=O) groups excluding carboxylic acids is 4. The maximum absolute atomic E-state index is 11.9. The van der Waals surface area contributed by atoms with Crippen molar-refractivity contribution in [3.63, 3.8) is 0 Å². The van der Waals surface area contributed by atoms with Crippen LogP contribution in [0.3, 0.4) is 0 Å². The Morgan fingerprint density at radius 1 is 0.769 bits per heavy atom. The van der Waals surface area contributed by atoms with Gasteiger partial charge in [0.05, 0.1) is 52.2 Å². The highest BCUT2D eigenvalue weighted by Crippen LogP contribution is 2.28. The summed E-state index contributed by atoms with van der Waals surface area (Å²) in [5, 5.41) is 11.9. The summed E-state index contributed by atoms with van der Waals surface area (Å²) in [5.41, 5.74) is 0. The van der Waals surface area contributed by atoms with E-state index in [2.05, 4.69) is 5.32 Å². The first-order valence-corrected chi connectivity index (χ1v) is 13.7. The molecule has 2 aliphatic rings. The number of rotatable bonds is 22. The lowest BCUT2D eigenvalue weighted by molar-refractivity contribution is -0.143. The molecule has 0 aromatic rings. The van der Waals surface area contributed by atoms with Gasteiger partial charge in [0.25, 0.3) is 11.8 Å². The molecule has 2 rings (SSSR count). The number of hydrogen-bond donors (Lipinski definition) is 2. The van der Waals surface area contributed by atoms with E-state index in [1.165, 1.54) is 12.2 Å². The minimum absolute atomic E-state index is 0.0139. The van der Waals surface area contributed by atoms with Crippen molar-refractivity contribution in [3.8, 4) is 0 Å². The maximum atomic E-state index is 11.9. The van der Waals surface area contributed by atoms with Gasteiger partial charge in [-0.2, -0.15) is 0 Å². The van der Waals surface area contributed by atoms with Crippen molar-refractivity contribution in [2.45, 2.75) is 51.4 Å². The van der Waals surface area contributed by atoms with Crippen LogP contribution in [0.1, 0.15) is 51.4 Å². The number of nitrogens with one attached hydrogen (secondary N) is 1. The van der Waals surface area contributed by atoms with Gasteiger partial charge in [0, 0.05) is 51.1 Å². The SMILES string of the molecule is O=C(CCCOCCOCCOCCOCCC(=O)NCC1CCC(C(=O)O)CC1)CCN1C(=O)C=CC1=O. The highest BCUT2D eigenvalue weighted by Gasteiger charge is 2.26. The highest BCUT2D eigenvalue weighted by atomic mass is 16.6. The van der Waals surface area contributed by atoms with E-state index in [9.17, 15) is 24.0 Å². The number of carboxylic acid groups (broad SMARTS) is 1. The van der Waals surface area contributed by atoms with Gasteiger partial charge in [-0.25, -0.2) is 0 Å². The summed E-state index contributed by atoms with van der Waals surface area (Å²) in [6.45, 7) is 3.89. The number of nitrogens with zero attached hydrogens (tertiary/aromatic N) is 1. The van der Waals surface area contributed by atoms with E-state index in [1.54, 1.807) is 0 Å². The van der Waals surface area contributed by atoms with Crippen LogP contribution in [0.15, 0.2) is 12.2 Å². The minimum Gasteiger partial charge on any atom is -0.481 e. The largest absolute Gasteiger partial charge is 0.481 e. The van der Waals surface area contributed by atoms with E-state index in [4.69, 9.17) is 24.1 Å². The molecule has 1 fully saturated rings. The van der Waals surface area contributed by atoms with Crippen LogP contribution < -0.4 is 5.32 Å². The molecule has 2 N–H and O–H groups in total. The average molecular weight is 555 g/mol. The fourth-order valence-electron chi connectivity index (χ4n) is 4.27. The number of hydrogen-bond acceptors (Lipinski definition) is 9. The smallest absolute Gasteiger partial charge is 0.306 e. The van der Waals surface area contributed by atoms with Gasteiger partial charge in [-0.15, -0.1) is 0 Å². The van der Waals surface area contributed by atoms with Gasteiger partial charge in [-0.05, 0) is 38.0 Å². The lowest BCUT2D eigenvalue weighted by Gasteiger charge is -2.26. The summed E-state index contributed by atoms with van der Waals surface area (Å²) in [6.07, 6.45) is 6.77. The molecular formula is C27H42N2O10. The van der Waals surface area contributed by atoms with E-state index in [0.29, 0.717) is 91.0 Å². The van der Waals surface area contributed by atoms with Gasteiger partial charge in [-0.3, -0.25) is 28.9 Å². The molecule has 0 aromatic heterocycles. The van der Waals surface area contributed by atoms with Crippen molar-refractivity contribution in [1.29, 1.82) is 0 Å². The number of carbonyl (C=O) groups is 5. The number of carboxylic acids is 1. The standard InChI is InChI=1S/C27H42N2O10/c30-23(9-11-29-25(32)7-8-26(29)33)2-1-12-36-14-16-38-18-19-39-17-15-37-13-10-24(31)28-20-21-3-5-22(6-4-21)27(34)35/h7-8,21-22H,1-6,9-20H2,(H,28,31)(H,34,35). The first-order chi connectivity index (χ1) is 18.9. The zero-order chi connectivity index (χ0) is 28.3. The van der Waals surface area contributed by atoms with Crippen molar-refractivity contribution in [3.05, 3.63) is 12.2 Å². The molecule has 12 nitrogen and oxygen atoms in total. The maximum Gasteiger partial charge on any atom is 0.306 e. The third-order valence-electron chi connectivity index (χ3n) is 6.63. The fraction of sp³-hybridized carbons (Fsp3) is 0.741. The Hall–Kier alpha value is -2.67. The lowest BCUT2D eigenvalue weighted by atomic mass is 9.82. The van der Waals surface area contributed by atoms with Crippen LogP contribution in [0.2, 0.25) is 0 Å². The molecular weight excluding hydrogens is 512 g/mol. The Kier molecular flexibility index (Phi) is 16.2. The first-order valence-electron chi connectivity index (χ1n) is 13.7. The topological polar surface area (TPSA) is 158 Å². The van der Waals surface area contributed by atoms with E-state index >= 15 is 0 Å². The molecule has 3 amide bonds. The summed E-state index contributed by atoms with van der Waals surface area (Å²) in [7, 11) is 0. The van der Waals surface area contributed by atoms with Crippen LogP contribution in [-0.2, 0) is 42.9 Å². The molecule has 1 aliphatic heterocycles. The molecule has 220 valence electrons. The molecule has 0 aromatic carbocycles. The second-order valence-corrected chi connectivity index (χ2v) is 9.61. The van der Waals surface area contributed by atoms with Crippen molar-refractivity contribution in [1.82, 2.24) is 10.2 Å². The predicted molar refractivity (Wildman–Crippen MR) is 139 cm³/mol. The number of ketones is 1. The Morgan fingerprint density at radius 3 is 1.87 bits per heavy atom. The molecule has 1 aliphatic carbocycles. The van der Waals surface area contributed by atoms with Crippen LogP contribution >= 0.6 is 0 Å². The van der Waals surface area contributed by atoms with Crippen LogP contribution in [0.4, 0.5) is 0 Å². The first kappa shape index (κ1) is 32.5. The third-order valence-corrected chi connectivity index (χ3v) is 6.63. The van der Waals surface area contributed by atoms with Gasteiger partial charge in [0.1, 0.15) is 5.78 Å². The second-order valence-electron chi connectivity index (χ2n) is 9.61. The second kappa shape index (κ2) is 19.4. The lowest BCUT2D eigenvalue weighted by Crippen LogP contribution is -2.32. The van der Waals surface area contributed by atoms with Crippen molar-refractivity contribution in [2.24, 2.45) is 11.8 Å². The molecule has 0 saturated heterocycles. The van der Waals surface area contributed by atoms with Crippen molar-refractivity contribution >= 4 is 29.5 Å². The van der Waals surface area contributed by atoms with Crippen molar-refractivity contribution in [2.75, 3.05) is 65.9 Å². The molecule has 12 heteroatoms. The fourth-order valence-corrected chi connectivity index (χ4v) is 4.27. The van der Waals surface area contributed by atoms with Crippen LogP contribution in [-0.4, -0.2) is 105 Å². The van der Waals surface area contributed by atoms with Gasteiger partial charge in [0.15, 0.2) is 0 Å². The average Bonchev–Trinajstić information content (AvgIpc) is 3.25. The number of ether oxygens (including phenoxy) is 4. The van der Waals surface area contributed by atoms with E-state index in [-0.39, 0.29) is 48.8 Å². The molecule has 0 unspecified atom stereocenters. The third kappa shape index (κ3) is 14.3. The monoisotopic (exact) mass is 554 g/mol. The Labute approximate surface area is 229 Å². The van der Waals surface area contributed by atoms with E-state index in [1.807, 2.05) is 0 Å². The summed E-state index contributed by atoms with van der Waals surface area (Å²) in [4.78, 5) is 58.7. The zero-order valence-electron chi connectivity index (χ0n) is 22.6. The molecule has 39 heavy (non-hydrogen) atoms. The number of aliphatic carboxylic acids is 1. The van der Waals surface area contributed by atoms with Gasteiger partial charge >= 0.3 is 5.97 Å². The molecule has 0 spiro atoms. The van der Waals surface area contributed by atoms with Gasteiger partial charge in [-0.1, -0.05) is 0 Å². The Morgan fingerprint density at radius 2 is 1.31 bits per heavy atom. The Balaban J connectivity index is 1.27. The quantitative estimate of drug-likeness (QED) is 0.147. The van der Waals surface area contributed by atoms with Gasteiger partial charge < -0.3 is 29.4 Å². The summed E-state index contributed by atoms with van der Waals surface area (Å²) in [6, 6.07) is 0.